The smallest absolute Gasteiger partial charge is 0.151 e. The molecule has 1 saturated heterocycles. The Hall–Kier alpha value is -2.51. The number of fused-ring (bicyclic) bond motifs is 3. The second-order valence-electron chi connectivity index (χ2n) is 7.16. The van der Waals surface area contributed by atoms with Crippen molar-refractivity contribution in [3.63, 3.8) is 0 Å². The first kappa shape index (κ1) is 15.7. The van der Waals surface area contributed by atoms with E-state index in [0.717, 1.165) is 48.8 Å². The quantitative estimate of drug-likeness (QED) is 0.722. The Labute approximate surface area is 151 Å². The van der Waals surface area contributed by atoms with E-state index < -0.39 is 0 Å². The van der Waals surface area contributed by atoms with Crippen molar-refractivity contribution in [1.82, 2.24) is 25.1 Å². The highest BCUT2D eigenvalue weighted by Gasteiger charge is 2.36. The first-order valence-electron chi connectivity index (χ1n) is 9.02. The molecule has 4 heterocycles. The summed E-state index contributed by atoms with van der Waals surface area (Å²) in [5.74, 6) is 0.884. The number of benzene rings is 1. The average molecular weight is 351 g/mol. The largest absolute Gasteiger partial charge is 0.370 e. The van der Waals surface area contributed by atoms with Crippen LogP contribution in [0.5, 0.6) is 0 Å². The zero-order valence-corrected chi connectivity index (χ0v) is 14.7. The van der Waals surface area contributed by atoms with Crippen LogP contribution in [0, 0.1) is 6.92 Å². The molecule has 0 amide bonds. The summed E-state index contributed by atoms with van der Waals surface area (Å²) in [5.41, 5.74) is 4.25. The van der Waals surface area contributed by atoms with E-state index in [0.29, 0.717) is 6.61 Å². The van der Waals surface area contributed by atoms with Gasteiger partial charge in [0.2, 0.25) is 0 Å². The molecule has 2 aromatic heterocycles. The minimum atomic E-state index is 0.217. The van der Waals surface area contributed by atoms with Crippen LogP contribution in [0.25, 0.3) is 11.3 Å². The second-order valence-corrected chi connectivity index (χ2v) is 7.16. The highest BCUT2D eigenvalue weighted by atomic mass is 16.5. The molecule has 134 valence electrons. The lowest BCUT2D eigenvalue weighted by molar-refractivity contribution is -0.0679. The molecule has 2 aliphatic rings. The molecule has 2 aliphatic heterocycles. The minimum Gasteiger partial charge on any atom is -0.370 e. The van der Waals surface area contributed by atoms with Crippen molar-refractivity contribution in [2.24, 2.45) is 0 Å². The standard InChI is InChI=1S/C19H21N5O2/c1-13-2-4-14(5-3-13)17-8-16(26-21-17)10-23-7-6-19-18(11-23)24-15(12-25-19)9-20-22-24/h2-5,8-9,18-19H,6-7,10-12H2,1H3/t18-,19-/m1/s1. The first-order chi connectivity index (χ1) is 12.8. The van der Waals surface area contributed by atoms with Crippen LogP contribution >= 0.6 is 0 Å². The van der Waals surface area contributed by atoms with Crippen molar-refractivity contribution in [3.05, 3.63) is 53.5 Å². The van der Waals surface area contributed by atoms with Crippen LogP contribution in [0.1, 0.15) is 29.5 Å². The Kier molecular flexibility index (Phi) is 3.83. The van der Waals surface area contributed by atoms with Gasteiger partial charge in [0.05, 0.1) is 37.2 Å². The molecule has 0 N–H and O–H groups in total. The number of piperidine rings is 1. The predicted molar refractivity (Wildman–Crippen MR) is 94.2 cm³/mol. The molecule has 5 rings (SSSR count). The van der Waals surface area contributed by atoms with Crippen LogP contribution in [0.15, 0.2) is 41.1 Å². The van der Waals surface area contributed by atoms with Crippen LogP contribution in [-0.4, -0.2) is 44.2 Å². The third-order valence-electron chi connectivity index (χ3n) is 5.30. The van der Waals surface area contributed by atoms with Gasteiger partial charge in [0.1, 0.15) is 5.69 Å². The number of aryl methyl sites for hydroxylation is 1. The summed E-state index contributed by atoms with van der Waals surface area (Å²) < 4.78 is 13.6. The van der Waals surface area contributed by atoms with Crippen molar-refractivity contribution >= 4 is 0 Å². The van der Waals surface area contributed by atoms with Gasteiger partial charge < -0.3 is 9.26 Å². The molecular formula is C19H21N5O2. The van der Waals surface area contributed by atoms with Gasteiger partial charge in [-0.1, -0.05) is 40.2 Å². The van der Waals surface area contributed by atoms with Crippen molar-refractivity contribution in [2.75, 3.05) is 13.1 Å². The molecule has 0 spiro atoms. The minimum absolute atomic E-state index is 0.217. The van der Waals surface area contributed by atoms with Crippen molar-refractivity contribution in [1.29, 1.82) is 0 Å². The second kappa shape index (κ2) is 6.34. The molecule has 3 aromatic rings. The monoisotopic (exact) mass is 351 g/mol. The van der Waals surface area contributed by atoms with E-state index >= 15 is 0 Å². The van der Waals surface area contributed by atoms with Crippen LogP contribution in [0.4, 0.5) is 0 Å². The Morgan fingerprint density at radius 3 is 3.00 bits per heavy atom. The van der Waals surface area contributed by atoms with Gasteiger partial charge >= 0.3 is 0 Å². The molecular weight excluding hydrogens is 330 g/mol. The zero-order chi connectivity index (χ0) is 17.5. The van der Waals surface area contributed by atoms with Gasteiger partial charge in [-0.15, -0.1) is 5.10 Å². The van der Waals surface area contributed by atoms with E-state index in [2.05, 4.69) is 51.6 Å². The van der Waals surface area contributed by atoms with Gasteiger partial charge in [-0.3, -0.25) is 4.90 Å². The first-order valence-corrected chi connectivity index (χ1v) is 9.02. The number of likely N-dealkylation sites (tertiary alicyclic amines) is 1. The lowest BCUT2D eigenvalue weighted by atomic mass is 10.0. The van der Waals surface area contributed by atoms with Gasteiger partial charge in [0.25, 0.3) is 0 Å². The number of rotatable bonds is 3. The highest BCUT2D eigenvalue weighted by molar-refractivity contribution is 5.59. The van der Waals surface area contributed by atoms with Crippen molar-refractivity contribution in [2.45, 2.75) is 38.6 Å². The molecule has 0 radical (unpaired) electrons. The van der Waals surface area contributed by atoms with E-state index in [9.17, 15) is 0 Å². The molecule has 0 aliphatic carbocycles. The zero-order valence-electron chi connectivity index (χ0n) is 14.7. The van der Waals surface area contributed by atoms with E-state index in [-0.39, 0.29) is 12.1 Å². The summed E-state index contributed by atoms with van der Waals surface area (Å²) in [6, 6.07) is 10.6. The molecule has 7 nitrogen and oxygen atoms in total. The summed E-state index contributed by atoms with van der Waals surface area (Å²) in [5, 5.41) is 12.5. The van der Waals surface area contributed by atoms with E-state index in [4.69, 9.17) is 9.26 Å². The fourth-order valence-electron chi connectivity index (χ4n) is 3.86. The Bertz CT molecular complexity index is 901. The summed E-state index contributed by atoms with van der Waals surface area (Å²) in [6.45, 7) is 5.28. The van der Waals surface area contributed by atoms with Crippen molar-refractivity contribution < 1.29 is 9.26 Å². The van der Waals surface area contributed by atoms with Crippen molar-refractivity contribution in [3.8, 4) is 11.3 Å². The summed E-state index contributed by atoms with van der Waals surface area (Å²) in [6.07, 6.45) is 3.00. The third-order valence-corrected chi connectivity index (χ3v) is 5.30. The van der Waals surface area contributed by atoms with Crippen LogP contribution in [0.2, 0.25) is 0 Å². The fraction of sp³-hybridized carbons (Fsp3) is 0.421. The molecule has 1 fully saturated rings. The van der Waals surface area contributed by atoms with Gasteiger partial charge in [0.15, 0.2) is 5.76 Å². The van der Waals surface area contributed by atoms with E-state index in [1.54, 1.807) is 6.20 Å². The summed E-state index contributed by atoms with van der Waals surface area (Å²) in [7, 11) is 0. The lowest BCUT2D eigenvalue weighted by Gasteiger charge is -2.40. The SMILES string of the molecule is Cc1ccc(-c2cc(CN3CC[C@H]4OCc5cnnn5[C@@H]4C3)on2)cc1. The predicted octanol–water partition coefficient (Wildman–Crippen LogP) is 2.59. The number of hydrogen-bond acceptors (Lipinski definition) is 6. The molecule has 2 atom stereocenters. The molecule has 7 heteroatoms. The van der Waals surface area contributed by atoms with Crippen LogP contribution in [0.3, 0.4) is 0 Å². The molecule has 0 saturated carbocycles. The lowest BCUT2D eigenvalue weighted by Crippen LogP contribution is -2.47. The molecule has 0 unspecified atom stereocenters. The maximum atomic E-state index is 5.97. The number of aromatic nitrogens is 4. The van der Waals surface area contributed by atoms with Gasteiger partial charge in [0, 0.05) is 24.7 Å². The highest BCUT2D eigenvalue weighted by Crippen LogP contribution is 2.31. The third kappa shape index (κ3) is 2.83. The normalized spacial score (nSPS) is 22.8. The average Bonchev–Trinajstić information content (AvgIpc) is 3.32. The number of ether oxygens (including phenoxy) is 1. The topological polar surface area (TPSA) is 69.2 Å². The van der Waals surface area contributed by atoms with Crippen LogP contribution < -0.4 is 0 Å². The maximum absolute atomic E-state index is 5.97. The summed E-state index contributed by atoms with van der Waals surface area (Å²) in [4.78, 5) is 2.38. The Morgan fingerprint density at radius 1 is 1.23 bits per heavy atom. The van der Waals surface area contributed by atoms with Gasteiger partial charge in [-0.25, -0.2) is 4.68 Å². The molecule has 1 aromatic carbocycles. The number of nitrogens with zero attached hydrogens (tertiary/aromatic N) is 5. The fourth-order valence-corrected chi connectivity index (χ4v) is 3.86. The van der Waals surface area contributed by atoms with E-state index in [1.807, 2.05) is 10.7 Å². The van der Waals surface area contributed by atoms with E-state index in [1.165, 1.54) is 5.56 Å². The summed E-state index contributed by atoms with van der Waals surface area (Å²) >= 11 is 0. The van der Waals surface area contributed by atoms with Gasteiger partial charge in [-0.2, -0.15) is 0 Å². The molecule has 26 heavy (non-hydrogen) atoms. The van der Waals surface area contributed by atoms with Gasteiger partial charge in [-0.05, 0) is 13.3 Å². The Morgan fingerprint density at radius 2 is 2.12 bits per heavy atom. The molecule has 0 bridgehead atoms. The Balaban J connectivity index is 1.30. The van der Waals surface area contributed by atoms with Crippen LogP contribution in [-0.2, 0) is 17.9 Å². The maximum Gasteiger partial charge on any atom is 0.151 e. The number of hydrogen-bond donors (Lipinski definition) is 0.